The SMILES string of the molecule is CC(C)CC(NC(=O)[C@H](O)[C@H](N)CC1CCCCC1)C(=O)O.Cl. The third-order valence-electron chi connectivity index (χ3n) is 4.33. The number of carboxylic acids is 1. The molecule has 5 N–H and O–H groups in total. The molecule has 23 heavy (non-hydrogen) atoms. The minimum Gasteiger partial charge on any atom is -0.480 e. The molecule has 1 amide bonds. The van der Waals surface area contributed by atoms with E-state index in [4.69, 9.17) is 10.8 Å². The molecule has 1 rings (SSSR count). The zero-order valence-corrected chi connectivity index (χ0v) is 14.8. The van der Waals surface area contributed by atoms with Crippen LogP contribution < -0.4 is 11.1 Å². The summed E-state index contributed by atoms with van der Waals surface area (Å²) in [5.74, 6) is -1.18. The summed E-state index contributed by atoms with van der Waals surface area (Å²) in [5, 5.41) is 21.6. The van der Waals surface area contributed by atoms with Gasteiger partial charge in [0.2, 0.25) is 0 Å². The molecule has 1 fully saturated rings. The fourth-order valence-electron chi connectivity index (χ4n) is 3.08. The van der Waals surface area contributed by atoms with Gasteiger partial charge in [-0.05, 0) is 24.7 Å². The Balaban J connectivity index is 0.00000484. The Bertz CT molecular complexity index is 373. The molecule has 1 aliphatic rings. The molecule has 6 nitrogen and oxygen atoms in total. The van der Waals surface area contributed by atoms with Crippen molar-refractivity contribution in [2.75, 3.05) is 0 Å². The van der Waals surface area contributed by atoms with Gasteiger partial charge in [-0.25, -0.2) is 4.79 Å². The molecule has 0 bridgehead atoms. The number of nitrogens with two attached hydrogens (primary N) is 1. The van der Waals surface area contributed by atoms with Crippen LogP contribution in [0.2, 0.25) is 0 Å². The molecule has 0 heterocycles. The Morgan fingerprint density at radius 3 is 2.26 bits per heavy atom. The number of halogens is 1. The fourth-order valence-corrected chi connectivity index (χ4v) is 3.08. The molecule has 136 valence electrons. The van der Waals surface area contributed by atoms with Crippen LogP contribution in [0.25, 0.3) is 0 Å². The lowest BCUT2D eigenvalue weighted by atomic mass is 9.84. The number of carbonyl (C=O) groups is 2. The van der Waals surface area contributed by atoms with Crippen molar-refractivity contribution in [3.63, 3.8) is 0 Å². The van der Waals surface area contributed by atoms with E-state index in [2.05, 4.69) is 5.32 Å². The van der Waals surface area contributed by atoms with Crippen LogP contribution in [0.1, 0.15) is 58.8 Å². The van der Waals surface area contributed by atoms with Crippen molar-refractivity contribution in [2.24, 2.45) is 17.6 Å². The minimum absolute atomic E-state index is 0. The molecule has 0 saturated heterocycles. The summed E-state index contributed by atoms with van der Waals surface area (Å²) in [4.78, 5) is 23.2. The molecule has 0 aromatic rings. The first-order chi connectivity index (χ1) is 10.3. The number of carboxylic acid groups (broad SMARTS) is 1. The van der Waals surface area contributed by atoms with Crippen LogP contribution in [-0.4, -0.2) is 40.3 Å². The van der Waals surface area contributed by atoms with Gasteiger partial charge in [0.15, 0.2) is 0 Å². The molecule has 1 unspecified atom stereocenters. The lowest BCUT2D eigenvalue weighted by molar-refractivity contribution is -0.144. The Morgan fingerprint density at radius 2 is 1.78 bits per heavy atom. The molecule has 1 saturated carbocycles. The first-order valence-corrected chi connectivity index (χ1v) is 8.28. The molecule has 7 heteroatoms. The van der Waals surface area contributed by atoms with E-state index >= 15 is 0 Å². The van der Waals surface area contributed by atoms with Gasteiger partial charge in [0.1, 0.15) is 12.1 Å². The third kappa shape index (κ3) is 7.99. The maximum atomic E-state index is 12.0. The van der Waals surface area contributed by atoms with Crippen molar-refractivity contribution < 1.29 is 19.8 Å². The van der Waals surface area contributed by atoms with E-state index in [1.165, 1.54) is 19.3 Å². The topological polar surface area (TPSA) is 113 Å². The van der Waals surface area contributed by atoms with E-state index in [1.807, 2.05) is 13.8 Å². The first-order valence-electron chi connectivity index (χ1n) is 8.28. The van der Waals surface area contributed by atoms with E-state index in [0.29, 0.717) is 18.8 Å². The van der Waals surface area contributed by atoms with Gasteiger partial charge in [0.25, 0.3) is 5.91 Å². The summed E-state index contributed by atoms with van der Waals surface area (Å²) in [6.45, 7) is 3.76. The predicted molar refractivity (Wildman–Crippen MR) is 91.4 cm³/mol. The van der Waals surface area contributed by atoms with Crippen molar-refractivity contribution in [1.29, 1.82) is 0 Å². The van der Waals surface area contributed by atoms with Crippen molar-refractivity contribution in [1.82, 2.24) is 5.32 Å². The summed E-state index contributed by atoms with van der Waals surface area (Å²) in [6, 6.07) is -1.62. The highest BCUT2D eigenvalue weighted by Gasteiger charge is 2.29. The van der Waals surface area contributed by atoms with Gasteiger partial charge in [-0.15, -0.1) is 12.4 Å². The Hall–Kier alpha value is -0.850. The van der Waals surface area contributed by atoms with Crippen molar-refractivity contribution in [3.05, 3.63) is 0 Å². The van der Waals surface area contributed by atoms with Gasteiger partial charge < -0.3 is 21.3 Å². The van der Waals surface area contributed by atoms with Gasteiger partial charge in [-0.2, -0.15) is 0 Å². The fraction of sp³-hybridized carbons (Fsp3) is 0.875. The van der Waals surface area contributed by atoms with Crippen LogP contribution in [0.3, 0.4) is 0 Å². The molecular formula is C16H31ClN2O4. The summed E-state index contributed by atoms with van der Waals surface area (Å²) in [7, 11) is 0. The maximum absolute atomic E-state index is 12.0. The molecule has 0 aliphatic heterocycles. The quantitative estimate of drug-likeness (QED) is 0.532. The first kappa shape index (κ1) is 22.1. The molecule has 3 atom stereocenters. The number of amides is 1. The van der Waals surface area contributed by atoms with Crippen LogP contribution in [0.5, 0.6) is 0 Å². The number of rotatable bonds is 8. The maximum Gasteiger partial charge on any atom is 0.326 e. The smallest absolute Gasteiger partial charge is 0.326 e. The summed E-state index contributed by atoms with van der Waals surface area (Å²) in [5.41, 5.74) is 5.94. The average Bonchev–Trinajstić information content (AvgIpc) is 2.46. The number of hydrogen-bond donors (Lipinski definition) is 4. The largest absolute Gasteiger partial charge is 0.480 e. The van der Waals surface area contributed by atoms with Crippen LogP contribution in [-0.2, 0) is 9.59 Å². The van der Waals surface area contributed by atoms with Crippen LogP contribution in [0, 0.1) is 11.8 Å². The third-order valence-corrected chi connectivity index (χ3v) is 4.33. The van der Waals surface area contributed by atoms with Gasteiger partial charge in [0.05, 0.1) is 0 Å². The lowest BCUT2D eigenvalue weighted by Crippen LogP contribution is -2.52. The number of carbonyl (C=O) groups excluding carboxylic acids is 1. The molecule has 0 aromatic heterocycles. The highest BCUT2D eigenvalue weighted by Crippen LogP contribution is 2.27. The van der Waals surface area contributed by atoms with Crippen LogP contribution in [0.4, 0.5) is 0 Å². The van der Waals surface area contributed by atoms with Gasteiger partial charge in [0, 0.05) is 6.04 Å². The van der Waals surface area contributed by atoms with Crippen LogP contribution >= 0.6 is 12.4 Å². The number of nitrogens with one attached hydrogen (secondary N) is 1. The number of hydrogen-bond acceptors (Lipinski definition) is 4. The van der Waals surface area contributed by atoms with E-state index in [9.17, 15) is 14.7 Å². The summed E-state index contributed by atoms with van der Waals surface area (Å²) >= 11 is 0. The van der Waals surface area contributed by atoms with E-state index in [-0.39, 0.29) is 18.3 Å². The van der Waals surface area contributed by atoms with Gasteiger partial charge in [-0.3, -0.25) is 4.79 Å². The number of aliphatic hydroxyl groups is 1. The van der Waals surface area contributed by atoms with Crippen molar-refractivity contribution in [3.8, 4) is 0 Å². The van der Waals surface area contributed by atoms with E-state index < -0.39 is 30.1 Å². The van der Waals surface area contributed by atoms with Crippen molar-refractivity contribution >= 4 is 24.3 Å². The minimum atomic E-state index is -1.35. The zero-order chi connectivity index (χ0) is 16.7. The second-order valence-corrected chi connectivity index (χ2v) is 6.88. The normalized spacial score (nSPS) is 19.5. The monoisotopic (exact) mass is 350 g/mol. The molecule has 0 spiro atoms. The Labute approximate surface area is 144 Å². The highest BCUT2D eigenvalue weighted by atomic mass is 35.5. The Morgan fingerprint density at radius 1 is 1.22 bits per heavy atom. The standard InChI is InChI=1S/C16H30N2O4.ClH/c1-10(2)8-13(16(21)22)18-15(20)14(19)12(17)9-11-6-4-3-5-7-11;/h10-14,19H,3-9,17H2,1-2H3,(H,18,20)(H,21,22);1H/t12-,13?,14-;/m1./s1. The number of aliphatic carboxylic acids is 1. The number of aliphatic hydroxyl groups excluding tert-OH is 1. The average molecular weight is 351 g/mol. The lowest BCUT2D eigenvalue weighted by Gasteiger charge is -2.27. The molecular weight excluding hydrogens is 320 g/mol. The summed E-state index contributed by atoms with van der Waals surface area (Å²) in [6.07, 6.45) is 5.35. The molecule has 0 aromatic carbocycles. The van der Waals surface area contributed by atoms with Gasteiger partial charge in [-0.1, -0.05) is 46.0 Å². The second-order valence-electron chi connectivity index (χ2n) is 6.88. The zero-order valence-electron chi connectivity index (χ0n) is 14.0. The second kappa shape index (κ2) is 10.8. The van der Waals surface area contributed by atoms with E-state index in [1.54, 1.807) is 0 Å². The highest BCUT2D eigenvalue weighted by molar-refractivity contribution is 5.86. The molecule has 0 radical (unpaired) electrons. The molecule has 1 aliphatic carbocycles. The van der Waals surface area contributed by atoms with Gasteiger partial charge >= 0.3 is 5.97 Å². The van der Waals surface area contributed by atoms with E-state index in [0.717, 1.165) is 12.8 Å². The van der Waals surface area contributed by atoms with Crippen LogP contribution in [0.15, 0.2) is 0 Å². The Kier molecular flexibility index (Phi) is 10.4. The van der Waals surface area contributed by atoms with Crippen molar-refractivity contribution in [2.45, 2.75) is 77.0 Å². The predicted octanol–water partition coefficient (Wildman–Crippen LogP) is 1.68. The summed E-state index contributed by atoms with van der Waals surface area (Å²) < 4.78 is 0.